The Hall–Kier alpha value is -3.35. The van der Waals surface area contributed by atoms with Gasteiger partial charge in [-0.1, -0.05) is 18.2 Å². The molecule has 0 saturated heterocycles. The van der Waals surface area contributed by atoms with Crippen LogP contribution in [0.5, 0.6) is 11.5 Å². The molecular formula is C21H15F4NO2. The normalized spacial score (nSPS) is 11.2. The van der Waals surface area contributed by atoms with Crippen molar-refractivity contribution in [3.8, 4) is 22.6 Å². The van der Waals surface area contributed by atoms with E-state index in [1.165, 1.54) is 43.3 Å². The summed E-state index contributed by atoms with van der Waals surface area (Å²) in [5, 5.41) is 2.58. The number of alkyl halides is 3. The Morgan fingerprint density at radius 1 is 0.964 bits per heavy atom. The highest BCUT2D eigenvalue weighted by molar-refractivity contribution is 5.89. The Bertz CT molecular complexity index is 1020. The van der Waals surface area contributed by atoms with Gasteiger partial charge in [-0.05, 0) is 48.0 Å². The second kappa shape index (κ2) is 7.72. The van der Waals surface area contributed by atoms with E-state index < -0.39 is 17.6 Å². The summed E-state index contributed by atoms with van der Waals surface area (Å²) in [5.41, 5.74) is 0.493. The van der Waals surface area contributed by atoms with Crippen LogP contribution >= 0.6 is 0 Å². The third-order valence-corrected chi connectivity index (χ3v) is 3.83. The van der Waals surface area contributed by atoms with Crippen LogP contribution in [-0.4, -0.2) is 5.91 Å². The fourth-order valence-corrected chi connectivity index (χ4v) is 2.65. The maximum absolute atomic E-state index is 13.6. The summed E-state index contributed by atoms with van der Waals surface area (Å²) in [6.45, 7) is 1.33. The Kier molecular flexibility index (Phi) is 5.35. The fourth-order valence-electron chi connectivity index (χ4n) is 2.65. The SMILES string of the molecule is CC(=O)Nc1ccc(-c2cccc(F)c2)c(Oc2cccc(C(F)(F)F)c2)c1. The molecule has 7 heteroatoms. The summed E-state index contributed by atoms with van der Waals surface area (Å²) in [5.74, 6) is -0.638. The van der Waals surface area contributed by atoms with Crippen LogP contribution in [0.1, 0.15) is 12.5 Å². The van der Waals surface area contributed by atoms with Crippen molar-refractivity contribution in [1.82, 2.24) is 0 Å². The molecule has 0 radical (unpaired) electrons. The molecule has 0 aliphatic rings. The maximum Gasteiger partial charge on any atom is 0.416 e. The van der Waals surface area contributed by atoms with Gasteiger partial charge in [-0.15, -0.1) is 0 Å². The average Bonchev–Trinajstić information content (AvgIpc) is 2.61. The van der Waals surface area contributed by atoms with E-state index in [1.807, 2.05) is 0 Å². The van der Waals surface area contributed by atoms with Crippen molar-refractivity contribution in [1.29, 1.82) is 0 Å². The molecule has 0 atom stereocenters. The lowest BCUT2D eigenvalue weighted by atomic mass is 10.0. The van der Waals surface area contributed by atoms with Crippen LogP contribution in [0, 0.1) is 5.82 Å². The van der Waals surface area contributed by atoms with Gasteiger partial charge in [0, 0.05) is 24.2 Å². The van der Waals surface area contributed by atoms with E-state index >= 15 is 0 Å². The minimum absolute atomic E-state index is 0.0348. The molecule has 0 heterocycles. The maximum atomic E-state index is 13.6. The van der Waals surface area contributed by atoms with Gasteiger partial charge in [0.15, 0.2) is 0 Å². The molecule has 3 rings (SSSR count). The van der Waals surface area contributed by atoms with Crippen LogP contribution in [0.25, 0.3) is 11.1 Å². The highest BCUT2D eigenvalue weighted by Gasteiger charge is 2.30. The summed E-state index contributed by atoms with van der Waals surface area (Å²) in [6.07, 6.45) is -4.51. The van der Waals surface area contributed by atoms with E-state index in [1.54, 1.807) is 18.2 Å². The first-order chi connectivity index (χ1) is 13.2. The number of rotatable bonds is 4. The molecular weight excluding hydrogens is 374 g/mol. The topological polar surface area (TPSA) is 38.3 Å². The van der Waals surface area contributed by atoms with Gasteiger partial charge in [0.25, 0.3) is 0 Å². The van der Waals surface area contributed by atoms with Gasteiger partial charge >= 0.3 is 6.18 Å². The zero-order chi connectivity index (χ0) is 20.3. The molecule has 28 heavy (non-hydrogen) atoms. The molecule has 0 fully saturated rings. The van der Waals surface area contributed by atoms with Crippen molar-refractivity contribution in [3.63, 3.8) is 0 Å². The zero-order valence-corrected chi connectivity index (χ0v) is 14.7. The number of hydrogen-bond donors (Lipinski definition) is 1. The summed E-state index contributed by atoms with van der Waals surface area (Å²) in [7, 11) is 0. The molecule has 0 aliphatic carbocycles. The summed E-state index contributed by atoms with van der Waals surface area (Å²) in [4.78, 5) is 11.3. The first kappa shape index (κ1) is 19.4. The van der Waals surface area contributed by atoms with Crippen molar-refractivity contribution < 1.29 is 27.1 Å². The lowest BCUT2D eigenvalue weighted by Crippen LogP contribution is -2.06. The van der Waals surface area contributed by atoms with E-state index in [2.05, 4.69) is 5.32 Å². The van der Waals surface area contributed by atoms with E-state index in [0.717, 1.165) is 12.1 Å². The molecule has 1 N–H and O–H groups in total. The van der Waals surface area contributed by atoms with E-state index in [9.17, 15) is 22.4 Å². The van der Waals surface area contributed by atoms with Gasteiger partial charge in [-0.2, -0.15) is 13.2 Å². The Balaban J connectivity index is 2.05. The first-order valence-electron chi connectivity index (χ1n) is 8.25. The number of halogens is 4. The van der Waals surface area contributed by atoms with Gasteiger partial charge in [0.05, 0.1) is 5.56 Å². The highest BCUT2D eigenvalue weighted by atomic mass is 19.4. The van der Waals surface area contributed by atoms with Crippen molar-refractivity contribution >= 4 is 11.6 Å². The minimum Gasteiger partial charge on any atom is -0.457 e. The van der Waals surface area contributed by atoms with Gasteiger partial charge in [0.1, 0.15) is 17.3 Å². The Morgan fingerprint density at radius 3 is 2.39 bits per heavy atom. The van der Waals surface area contributed by atoms with Crippen LogP contribution in [0.15, 0.2) is 66.7 Å². The standard InChI is InChI=1S/C21H15F4NO2/c1-13(27)26-17-8-9-19(14-4-2-6-16(22)10-14)20(12-17)28-18-7-3-5-15(11-18)21(23,24)25/h2-12H,1H3,(H,26,27). The molecule has 3 aromatic rings. The molecule has 3 aromatic carbocycles. The number of carbonyl (C=O) groups is 1. The lowest BCUT2D eigenvalue weighted by Gasteiger charge is -2.15. The molecule has 0 unspecified atom stereocenters. The lowest BCUT2D eigenvalue weighted by molar-refractivity contribution is -0.137. The number of hydrogen-bond acceptors (Lipinski definition) is 2. The zero-order valence-electron chi connectivity index (χ0n) is 14.7. The van der Waals surface area contributed by atoms with Crippen LogP contribution < -0.4 is 10.1 Å². The summed E-state index contributed by atoms with van der Waals surface area (Å²) < 4.78 is 58.2. The smallest absolute Gasteiger partial charge is 0.416 e. The van der Waals surface area contributed by atoms with Crippen LogP contribution in [0.2, 0.25) is 0 Å². The highest BCUT2D eigenvalue weighted by Crippen LogP contribution is 2.38. The number of carbonyl (C=O) groups excluding carboxylic acids is 1. The monoisotopic (exact) mass is 389 g/mol. The summed E-state index contributed by atoms with van der Waals surface area (Å²) in [6, 6.07) is 14.8. The second-order valence-electron chi connectivity index (χ2n) is 6.03. The van der Waals surface area contributed by atoms with Crippen molar-refractivity contribution in [3.05, 3.63) is 78.1 Å². The van der Waals surface area contributed by atoms with E-state index in [-0.39, 0.29) is 17.4 Å². The molecule has 3 nitrogen and oxygen atoms in total. The van der Waals surface area contributed by atoms with Crippen LogP contribution in [0.4, 0.5) is 23.2 Å². The number of benzene rings is 3. The summed E-state index contributed by atoms with van der Waals surface area (Å²) >= 11 is 0. The number of amides is 1. The van der Waals surface area contributed by atoms with Crippen molar-refractivity contribution in [2.45, 2.75) is 13.1 Å². The minimum atomic E-state index is -4.51. The number of nitrogens with one attached hydrogen (secondary N) is 1. The van der Waals surface area contributed by atoms with Crippen molar-refractivity contribution in [2.75, 3.05) is 5.32 Å². The van der Waals surface area contributed by atoms with Gasteiger partial charge in [-0.25, -0.2) is 4.39 Å². The molecule has 0 bridgehead atoms. The predicted octanol–water partition coefficient (Wildman–Crippen LogP) is 6.26. The Morgan fingerprint density at radius 2 is 1.71 bits per heavy atom. The fraction of sp³-hybridized carbons (Fsp3) is 0.0952. The van der Waals surface area contributed by atoms with E-state index in [0.29, 0.717) is 16.8 Å². The van der Waals surface area contributed by atoms with Gasteiger partial charge < -0.3 is 10.1 Å². The van der Waals surface area contributed by atoms with Crippen LogP contribution in [0.3, 0.4) is 0 Å². The average molecular weight is 389 g/mol. The van der Waals surface area contributed by atoms with Gasteiger partial charge in [-0.3, -0.25) is 4.79 Å². The van der Waals surface area contributed by atoms with Gasteiger partial charge in [0.2, 0.25) is 5.91 Å². The Labute approximate surface area is 158 Å². The predicted molar refractivity (Wildman–Crippen MR) is 97.7 cm³/mol. The molecule has 0 spiro atoms. The number of anilines is 1. The first-order valence-corrected chi connectivity index (χ1v) is 8.25. The van der Waals surface area contributed by atoms with Crippen LogP contribution in [-0.2, 0) is 11.0 Å². The third-order valence-electron chi connectivity index (χ3n) is 3.83. The molecule has 0 aliphatic heterocycles. The van der Waals surface area contributed by atoms with Crippen molar-refractivity contribution in [2.24, 2.45) is 0 Å². The second-order valence-corrected chi connectivity index (χ2v) is 6.03. The quantitative estimate of drug-likeness (QED) is 0.535. The van der Waals surface area contributed by atoms with E-state index in [4.69, 9.17) is 4.74 Å². The third kappa shape index (κ3) is 4.68. The molecule has 1 amide bonds. The largest absolute Gasteiger partial charge is 0.457 e. The molecule has 144 valence electrons. The number of ether oxygens (including phenoxy) is 1. The molecule has 0 aromatic heterocycles. The molecule has 0 saturated carbocycles.